The Balaban J connectivity index is 0.00000361. The van der Waals surface area contributed by atoms with Crippen LogP contribution in [0.3, 0.4) is 0 Å². The molecule has 0 aromatic heterocycles. The summed E-state index contributed by atoms with van der Waals surface area (Å²) in [5.41, 5.74) is 3.89. The van der Waals surface area contributed by atoms with Gasteiger partial charge in [-0.15, -0.1) is 24.8 Å². The molecule has 4 N–H and O–H groups in total. The summed E-state index contributed by atoms with van der Waals surface area (Å²) in [6.45, 7) is 6.40. The number of hydrogen-bond acceptors (Lipinski definition) is 6. The molecule has 7 nitrogen and oxygen atoms in total. The van der Waals surface area contributed by atoms with Crippen LogP contribution in [0, 0.1) is 0 Å². The van der Waals surface area contributed by atoms with E-state index in [0.29, 0.717) is 11.7 Å². The lowest BCUT2D eigenvalue weighted by atomic mass is 9.86. The number of phenols is 2. The monoisotopic (exact) mass is 589 g/mol. The van der Waals surface area contributed by atoms with Crippen LogP contribution in [0.2, 0.25) is 0 Å². The molecule has 0 fully saturated rings. The fourth-order valence-corrected chi connectivity index (χ4v) is 5.67. The van der Waals surface area contributed by atoms with E-state index in [1.165, 1.54) is 36.8 Å². The molecule has 0 saturated heterocycles. The van der Waals surface area contributed by atoms with Crippen molar-refractivity contribution < 1.29 is 18.6 Å². The summed E-state index contributed by atoms with van der Waals surface area (Å²) in [7, 11) is -3.23. The van der Waals surface area contributed by atoms with E-state index in [4.69, 9.17) is 0 Å². The predicted octanol–water partition coefficient (Wildman–Crippen LogP) is 5.27. The highest BCUT2D eigenvalue weighted by Crippen LogP contribution is 2.36. The van der Waals surface area contributed by atoms with E-state index in [1.807, 2.05) is 18.2 Å². The molecule has 1 atom stereocenters. The maximum absolute atomic E-state index is 11.3. The Morgan fingerprint density at radius 2 is 1.66 bits per heavy atom. The number of fused-ring (bicyclic) bond motifs is 1. The van der Waals surface area contributed by atoms with Crippen molar-refractivity contribution in [2.45, 2.75) is 70.8 Å². The zero-order valence-corrected chi connectivity index (χ0v) is 25.1. The number of halogens is 2. The molecule has 0 amide bonds. The van der Waals surface area contributed by atoms with Crippen LogP contribution in [0.5, 0.6) is 11.5 Å². The van der Waals surface area contributed by atoms with Gasteiger partial charge in [-0.05, 0) is 100 Å². The summed E-state index contributed by atoms with van der Waals surface area (Å²) < 4.78 is 25.0. The Labute approximate surface area is 241 Å². The third-order valence-corrected chi connectivity index (χ3v) is 7.57. The lowest BCUT2D eigenvalue weighted by molar-refractivity contribution is 0.175. The van der Waals surface area contributed by atoms with Gasteiger partial charge in [0.05, 0.1) is 6.26 Å². The Kier molecular flexibility index (Phi) is 15.4. The first-order chi connectivity index (χ1) is 17.3. The van der Waals surface area contributed by atoms with Crippen molar-refractivity contribution in [1.82, 2.24) is 10.2 Å². The molecule has 0 saturated carbocycles. The van der Waals surface area contributed by atoms with E-state index in [2.05, 4.69) is 21.9 Å². The Hall–Kier alpha value is -1.71. The first-order valence-electron chi connectivity index (χ1n) is 13.3. The number of nitrogens with one attached hydrogen (secondary N) is 2. The minimum atomic E-state index is -3.23. The van der Waals surface area contributed by atoms with Crippen LogP contribution >= 0.6 is 24.8 Å². The molecule has 1 aliphatic carbocycles. The first kappa shape index (κ1) is 34.3. The maximum atomic E-state index is 11.3. The van der Waals surface area contributed by atoms with Gasteiger partial charge in [-0.25, -0.2) is 8.42 Å². The van der Waals surface area contributed by atoms with Gasteiger partial charge in [-0.1, -0.05) is 38.0 Å². The molecule has 0 bridgehead atoms. The standard InChI is InChI=1S/C28H43N3O4S.2ClH/c1-3-19-31(25-13-14-26-23(21-25)10-15-27(32)28(26)33)20-7-5-4-6-17-29-18-16-22-8-11-24(12-9-22)30-36(2,34)35;;/h8-12,15,25,29-30,32-33H,3-7,13-14,16-21H2,1-2H3;2*1H/t25-;;/m0../s1. The molecular formula is C28H45Cl2N3O4S. The summed E-state index contributed by atoms with van der Waals surface area (Å²) in [5, 5.41) is 23.5. The fraction of sp³-hybridized carbons (Fsp3) is 0.571. The summed E-state index contributed by atoms with van der Waals surface area (Å²) in [6, 6.07) is 11.6. The molecule has 1 aliphatic rings. The van der Waals surface area contributed by atoms with Crippen LogP contribution in [-0.4, -0.2) is 62.0 Å². The number of rotatable bonds is 15. The van der Waals surface area contributed by atoms with Gasteiger partial charge >= 0.3 is 0 Å². The van der Waals surface area contributed by atoms with Gasteiger partial charge in [0, 0.05) is 17.3 Å². The summed E-state index contributed by atoms with van der Waals surface area (Å²) in [6.07, 6.45) is 10.9. The molecule has 216 valence electrons. The van der Waals surface area contributed by atoms with E-state index in [0.717, 1.165) is 70.1 Å². The number of benzene rings is 2. The van der Waals surface area contributed by atoms with Crippen molar-refractivity contribution in [3.8, 4) is 11.5 Å². The second-order valence-electron chi connectivity index (χ2n) is 9.99. The van der Waals surface area contributed by atoms with Crippen molar-refractivity contribution in [3.05, 3.63) is 53.1 Å². The molecule has 2 aromatic carbocycles. The van der Waals surface area contributed by atoms with Crippen LogP contribution in [0.15, 0.2) is 36.4 Å². The number of anilines is 1. The second kappa shape index (κ2) is 17.1. The number of unbranched alkanes of at least 4 members (excludes halogenated alkanes) is 3. The topological polar surface area (TPSA) is 102 Å². The highest BCUT2D eigenvalue weighted by Gasteiger charge is 2.26. The first-order valence-corrected chi connectivity index (χ1v) is 15.2. The average molecular weight is 591 g/mol. The van der Waals surface area contributed by atoms with E-state index in [1.54, 1.807) is 18.2 Å². The Morgan fingerprint density at radius 1 is 0.947 bits per heavy atom. The minimum absolute atomic E-state index is 0. The number of sulfonamides is 1. The van der Waals surface area contributed by atoms with Crippen molar-refractivity contribution in [1.29, 1.82) is 0 Å². The number of phenolic OH excluding ortho intramolecular Hbond substituents is 2. The third kappa shape index (κ3) is 11.2. The number of hydrogen-bond donors (Lipinski definition) is 4. The van der Waals surface area contributed by atoms with Crippen molar-refractivity contribution >= 4 is 40.5 Å². The Bertz CT molecular complexity index is 1070. The minimum Gasteiger partial charge on any atom is -0.504 e. The third-order valence-electron chi connectivity index (χ3n) is 6.97. The SMILES string of the molecule is CCCN(CCCCCCNCCc1ccc(NS(C)(=O)=O)cc1)[C@H]1CCc2c(ccc(O)c2O)C1.Cl.Cl. The lowest BCUT2D eigenvalue weighted by Crippen LogP contribution is -2.40. The summed E-state index contributed by atoms with van der Waals surface area (Å²) >= 11 is 0. The number of nitrogens with zero attached hydrogens (tertiary/aromatic N) is 1. The fourth-order valence-electron chi connectivity index (χ4n) is 5.11. The molecule has 3 rings (SSSR count). The molecular weight excluding hydrogens is 545 g/mol. The predicted molar refractivity (Wildman–Crippen MR) is 162 cm³/mol. The van der Waals surface area contributed by atoms with Crippen LogP contribution in [0.1, 0.15) is 62.1 Å². The second-order valence-corrected chi connectivity index (χ2v) is 11.7. The van der Waals surface area contributed by atoms with E-state index in [9.17, 15) is 18.6 Å². The van der Waals surface area contributed by atoms with Crippen molar-refractivity contribution in [2.24, 2.45) is 0 Å². The summed E-state index contributed by atoms with van der Waals surface area (Å²) in [4.78, 5) is 2.63. The van der Waals surface area contributed by atoms with Crippen LogP contribution < -0.4 is 10.0 Å². The maximum Gasteiger partial charge on any atom is 0.229 e. The van der Waals surface area contributed by atoms with Crippen LogP contribution in [-0.2, 0) is 29.3 Å². The van der Waals surface area contributed by atoms with E-state index < -0.39 is 10.0 Å². The quantitative estimate of drug-likeness (QED) is 0.167. The van der Waals surface area contributed by atoms with E-state index in [-0.39, 0.29) is 36.3 Å². The molecule has 0 spiro atoms. The van der Waals surface area contributed by atoms with Crippen molar-refractivity contribution in [3.63, 3.8) is 0 Å². The summed E-state index contributed by atoms with van der Waals surface area (Å²) in [5.74, 6) is 0.0617. The van der Waals surface area contributed by atoms with Crippen LogP contribution in [0.4, 0.5) is 5.69 Å². The zero-order valence-electron chi connectivity index (χ0n) is 22.6. The van der Waals surface area contributed by atoms with Gasteiger partial charge in [0.2, 0.25) is 10.0 Å². The molecule has 2 aromatic rings. The van der Waals surface area contributed by atoms with E-state index >= 15 is 0 Å². The molecule has 10 heteroatoms. The normalized spacial score (nSPS) is 14.9. The Morgan fingerprint density at radius 3 is 2.34 bits per heavy atom. The smallest absolute Gasteiger partial charge is 0.229 e. The van der Waals surface area contributed by atoms with Crippen LogP contribution in [0.25, 0.3) is 0 Å². The lowest BCUT2D eigenvalue weighted by Gasteiger charge is -2.35. The molecule has 0 heterocycles. The highest BCUT2D eigenvalue weighted by atomic mass is 35.5. The van der Waals surface area contributed by atoms with Gasteiger partial charge in [0.25, 0.3) is 0 Å². The zero-order chi connectivity index (χ0) is 26.0. The highest BCUT2D eigenvalue weighted by molar-refractivity contribution is 7.92. The van der Waals surface area contributed by atoms with Gasteiger partial charge in [0.15, 0.2) is 11.5 Å². The molecule has 0 radical (unpaired) electrons. The molecule has 0 aliphatic heterocycles. The molecule has 38 heavy (non-hydrogen) atoms. The van der Waals surface area contributed by atoms with Gasteiger partial charge in [-0.3, -0.25) is 4.72 Å². The van der Waals surface area contributed by atoms with Gasteiger partial charge in [0.1, 0.15) is 0 Å². The number of aromatic hydroxyl groups is 2. The average Bonchev–Trinajstić information content (AvgIpc) is 2.84. The largest absolute Gasteiger partial charge is 0.504 e. The van der Waals surface area contributed by atoms with Gasteiger partial charge < -0.3 is 20.4 Å². The van der Waals surface area contributed by atoms with Crippen molar-refractivity contribution in [2.75, 3.05) is 37.2 Å². The molecule has 0 unspecified atom stereocenters. The van der Waals surface area contributed by atoms with Gasteiger partial charge in [-0.2, -0.15) is 0 Å².